The van der Waals surface area contributed by atoms with Gasteiger partial charge in [0.25, 0.3) is 0 Å². The number of piperazine rings is 1. The van der Waals surface area contributed by atoms with Crippen molar-refractivity contribution in [1.82, 2.24) is 14.8 Å². The van der Waals surface area contributed by atoms with Crippen molar-refractivity contribution in [2.45, 2.75) is 38.8 Å². The molecular weight excluding hydrogens is 371 g/mol. The van der Waals surface area contributed by atoms with E-state index in [-0.39, 0.29) is 49.2 Å². The first-order valence-electron chi connectivity index (χ1n) is 7.75. The van der Waals surface area contributed by atoms with Gasteiger partial charge >= 0.3 is 0 Å². The fourth-order valence-corrected chi connectivity index (χ4v) is 2.70. The number of nitrogens with two attached hydrogens (primary N) is 1. The summed E-state index contributed by atoms with van der Waals surface area (Å²) in [4.78, 5) is 20.6. The summed E-state index contributed by atoms with van der Waals surface area (Å²) < 4.78 is 0. The van der Waals surface area contributed by atoms with Gasteiger partial charge in [0.1, 0.15) is 0 Å². The van der Waals surface area contributed by atoms with E-state index in [1.165, 1.54) is 5.56 Å². The van der Waals surface area contributed by atoms with Crippen molar-refractivity contribution in [3.8, 4) is 0 Å². The Labute approximate surface area is 163 Å². The van der Waals surface area contributed by atoms with Crippen molar-refractivity contribution in [2.75, 3.05) is 26.2 Å². The molecule has 0 radical (unpaired) electrons. The second-order valence-corrected chi connectivity index (χ2v) is 5.90. The molecule has 0 aliphatic carbocycles. The quantitative estimate of drug-likeness (QED) is 0.827. The van der Waals surface area contributed by atoms with E-state index < -0.39 is 0 Å². The van der Waals surface area contributed by atoms with Crippen molar-refractivity contribution in [3.05, 3.63) is 30.1 Å². The number of carbonyl (C=O) groups excluding carboxylic acids is 1. The molecule has 2 N–H and O–H groups in total. The first kappa shape index (κ1) is 25.6. The lowest BCUT2D eigenvalue weighted by molar-refractivity contribution is -0.133. The van der Waals surface area contributed by atoms with Crippen LogP contribution in [0.25, 0.3) is 0 Å². The molecule has 140 valence electrons. The van der Waals surface area contributed by atoms with Crippen LogP contribution in [0.1, 0.15) is 38.3 Å². The van der Waals surface area contributed by atoms with Crippen LogP contribution in [0, 0.1) is 0 Å². The summed E-state index contributed by atoms with van der Waals surface area (Å²) in [6.07, 6.45) is 5.05. The monoisotopic (exact) mass is 398 g/mol. The summed E-state index contributed by atoms with van der Waals surface area (Å²) in [5, 5.41) is 0. The molecule has 2 unspecified atom stereocenters. The summed E-state index contributed by atoms with van der Waals surface area (Å²) >= 11 is 0. The van der Waals surface area contributed by atoms with Crippen molar-refractivity contribution in [3.63, 3.8) is 0 Å². The van der Waals surface area contributed by atoms with E-state index in [4.69, 9.17) is 5.73 Å². The minimum atomic E-state index is 0. The Balaban J connectivity index is 0. The average molecular weight is 400 g/mol. The molecule has 8 heteroatoms. The number of hydrogen-bond acceptors (Lipinski definition) is 4. The minimum absolute atomic E-state index is 0. The Hall–Kier alpha value is -0.590. The number of hydrogen-bond donors (Lipinski definition) is 1. The number of nitrogens with zero attached hydrogens (tertiary/aromatic N) is 3. The van der Waals surface area contributed by atoms with Gasteiger partial charge in [-0.25, -0.2) is 0 Å². The maximum Gasteiger partial charge on any atom is 0.222 e. The molecule has 1 aromatic heterocycles. The highest BCUT2D eigenvalue weighted by Crippen LogP contribution is 2.20. The summed E-state index contributed by atoms with van der Waals surface area (Å²) in [6.45, 7) is 7.59. The Morgan fingerprint density at radius 2 is 1.83 bits per heavy atom. The third-order valence-electron chi connectivity index (χ3n) is 4.20. The SMILES string of the molecule is CC(N)CCC(=O)N1CCN(C(C)c2cccnc2)CC1.Cl.Cl.Cl. The lowest BCUT2D eigenvalue weighted by Crippen LogP contribution is -2.49. The Kier molecular flexibility index (Phi) is 13.6. The van der Waals surface area contributed by atoms with Crippen LogP contribution in [0.2, 0.25) is 0 Å². The molecule has 0 aromatic carbocycles. The zero-order valence-corrected chi connectivity index (χ0v) is 16.7. The normalized spacial score (nSPS) is 16.9. The maximum atomic E-state index is 12.1. The van der Waals surface area contributed by atoms with Gasteiger partial charge in [-0.15, -0.1) is 37.2 Å². The topological polar surface area (TPSA) is 62.5 Å². The first-order chi connectivity index (χ1) is 10.1. The molecule has 0 spiro atoms. The van der Waals surface area contributed by atoms with Crippen LogP contribution in [0.15, 0.2) is 24.5 Å². The molecule has 2 atom stereocenters. The maximum absolute atomic E-state index is 12.1. The lowest BCUT2D eigenvalue weighted by atomic mass is 10.1. The number of halogens is 3. The van der Waals surface area contributed by atoms with Crippen molar-refractivity contribution in [1.29, 1.82) is 0 Å². The molecule has 2 rings (SSSR count). The molecule has 0 bridgehead atoms. The van der Waals surface area contributed by atoms with E-state index >= 15 is 0 Å². The molecule has 2 heterocycles. The van der Waals surface area contributed by atoms with Gasteiger partial charge in [-0.1, -0.05) is 6.07 Å². The van der Waals surface area contributed by atoms with Crippen LogP contribution in [-0.2, 0) is 4.79 Å². The van der Waals surface area contributed by atoms with Crippen LogP contribution < -0.4 is 5.73 Å². The van der Waals surface area contributed by atoms with Gasteiger partial charge in [-0.2, -0.15) is 0 Å². The molecule has 1 aliphatic heterocycles. The molecule has 1 saturated heterocycles. The molecule has 1 aromatic rings. The van der Waals surface area contributed by atoms with Gasteiger partial charge in [0.05, 0.1) is 0 Å². The smallest absolute Gasteiger partial charge is 0.222 e. The van der Waals surface area contributed by atoms with E-state index in [1.807, 2.05) is 24.1 Å². The molecule has 1 fully saturated rings. The molecule has 1 aliphatic rings. The van der Waals surface area contributed by atoms with Gasteiger partial charge in [0.2, 0.25) is 5.91 Å². The predicted octanol–water partition coefficient (Wildman–Crippen LogP) is 2.68. The van der Waals surface area contributed by atoms with E-state index in [2.05, 4.69) is 22.9 Å². The van der Waals surface area contributed by atoms with Crippen molar-refractivity contribution < 1.29 is 4.79 Å². The molecule has 1 amide bonds. The minimum Gasteiger partial charge on any atom is -0.340 e. The first-order valence-corrected chi connectivity index (χ1v) is 7.75. The summed E-state index contributed by atoms with van der Waals surface area (Å²) in [6, 6.07) is 4.53. The van der Waals surface area contributed by atoms with Gasteiger partial charge in [0, 0.05) is 57.1 Å². The number of aromatic nitrogens is 1. The number of pyridine rings is 1. The second-order valence-electron chi connectivity index (χ2n) is 5.90. The summed E-state index contributed by atoms with van der Waals surface area (Å²) in [5.74, 6) is 0.237. The van der Waals surface area contributed by atoms with Crippen LogP contribution >= 0.6 is 37.2 Å². The van der Waals surface area contributed by atoms with Gasteiger partial charge in [0.15, 0.2) is 0 Å². The third kappa shape index (κ3) is 7.53. The van der Waals surface area contributed by atoms with Crippen molar-refractivity contribution in [2.24, 2.45) is 5.73 Å². The molecule has 5 nitrogen and oxygen atoms in total. The number of carbonyl (C=O) groups is 1. The zero-order chi connectivity index (χ0) is 15.2. The second kappa shape index (κ2) is 12.7. The van der Waals surface area contributed by atoms with Gasteiger partial charge in [-0.3, -0.25) is 14.7 Å². The Bertz CT molecular complexity index is 454. The van der Waals surface area contributed by atoms with Gasteiger partial charge in [-0.05, 0) is 31.9 Å². The van der Waals surface area contributed by atoms with Crippen LogP contribution in [0.4, 0.5) is 0 Å². The highest BCUT2D eigenvalue weighted by molar-refractivity contribution is 5.86. The summed E-state index contributed by atoms with van der Waals surface area (Å²) in [7, 11) is 0. The zero-order valence-electron chi connectivity index (χ0n) is 14.3. The molecule has 24 heavy (non-hydrogen) atoms. The Morgan fingerprint density at radius 3 is 2.33 bits per heavy atom. The van der Waals surface area contributed by atoms with Crippen LogP contribution in [0.5, 0.6) is 0 Å². The third-order valence-corrected chi connectivity index (χ3v) is 4.20. The summed E-state index contributed by atoms with van der Waals surface area (Å²) in [5.41, 5.74) is 6.94. The van der Waals surface area contributed by atoms with E-state index in [0.717, 1.165) is 32.6 Å². The van der Waals surface area contributed by atoms with E-state index in [0.29, 0.717) is 12.5 Å². The average Bonchev–Trinajstić information content (AvgIpc) is 2.53. The number of amides is 1. The van der Waals surface area contributed by atoms with Crippen molar-refractivity contribution >= 4 is 43.1 Å². The fraction of sp³-hybridized carbons (Fsp3) is 0.625. The number of rotatable bonds is 5. The van der Waals surface area contributed by atoms with Crippen LogP contribution in [0.3, 0.4) is 0 Å². The molecular formula is C16H29Cl3N4O. The highest BCUT2D eigenvalue weighted by atomic mass is 35.5. The Morgan fingerprint density at radius 1 is 1.21 bits per heavy atom. The van der Waals surface area contributed by atoms with Gasteiger partial charge < -0.3 is 10.6 Å². The van der Waals surface area contributed by atoms with E-state index in [9.17, 15) is 4.79 Å². The standard InChI is InChI=1S/C16H26N4O.3ClH/c1-13(17)5-6-16(21)20-10-8-19(9-11-20)14(2)15-4-3-7-18-12-15;;;/h3-4,7,12-14H,5-6,8-11,17H2,1-2H3;3*1H. The molecule has 0 saturated carbocycles. The lowest BCUT2D eigenvalue weighted by Gasteiger charge is -2.38. The fourth-order valence-electron chi connectivity index (χ4n) is 2.70. The largest absolute Gasteiger partial charge is 0.340 e. The highest BCUT2D eigenvalue weighted by Gasteiger charge is 2.24. The predicted molar refractivity (Wildman–Crippen MR) is 105 cm³/mol. The van der Waals surface area contributed by atoms with E-state index in [1.54, 1.807) is 6.20 Å². The van der Waals surface area contributed by atoms with Crippen LogP contribution in [-0.4, -0.2) is 52.9 Å².